The van der Waals surface area contributed by atoms with Crippen molar-refractivity contribution in [1.29, 1.82) is 0 Å². The summed E-state index contributed by atoms with van der Waals surface area (Å²) in [6.45, 7) is 3.26. The van der Waals surface area contributed by atoms with Gasteiger partial charge in [0.25, 0.3) is 0 Å². The first-order valence-corrected chi connectivity index (χ1v) is 15.4. The Morgan fingerprint density at radius 3 is 1.92 bits per heavy atom. The Balaban J connectivity index is 0.00000137. The first-order valence-electron chi connectivity index (χ1n) is 14.2. The van der Waals surface area contributed by atoms with E-state index in [0.29, 0.717) is 31.1 Å². The fourth-order valence-electron chi connectivity index (χ4n) is 3.94. The first kappa shape index (κ1) is 45.6. The topological polar surface area (TPSA) is 156 Å². The number of amides is 2. The number of nitrogens with zero attached hydrogens (tertiary/aromatic N) is 2. The van der Waals surface area contributed by atoms with E-state index in [9.17, 15) is 53.9 Å². The molecule has 2 rings (SSSR count). The maximum atomic E-state index is 12.7. The molecule has 49 heavy (non-hydrogen) atoms. The predicted molar refractivity (Wildman–Crippen MR) is 159 cm³/mol. The SMILES string of the molecule is CN(C)CC(=O)NC(=O)[C@H](CCCSCC(=O)C(F)(F)F)NCCN1CCC(c2ccccc2)C1.O=C(O)C(F)(F)F.O=C(O)C(F)(F)F. The molecule has 2 amide bonds. The lowest BCUT2D eigenvalue weighted by Gasteiger charge is -2.21. The van der Waals surface area contributed by atoms with Gasteiger partial charge in [0.05, 0.1) is 18.3 Å². The number of likely N-dealkylation sites (N-methyl/N-ethyl adjacent to an activating group) is 1. The van der Waals surface area contributed by atoms with Crippen LogP contribution in [0.15, 0.2) is 30.3 Å². The van der Waals surface area contributed by atoms with Crippen molar-refractivity contribution in [3.8, 4) is 0 Å². The summed E-state index contributed by atoms with van der Waals surface area (Å²) in [5.74, 6) is -7.98. The third-order valence-electron chi connectivity index (χ3n) is 6.22. The molecule has 1 heterocycles. The molecule has 1 aromatic rings. The second kappa shape index (κ2) is 21.6. The zero-order valence-electron chi connectivity index (χ0n) is 26.3. The molecule has 0 aromatic heterocycles. The van der Waals surface area contributed by atoms with Crippen LogP contribution >= 0.6 is 11.8 Å². The van der Waals surface area contributed by atoms with E-state index in [1.54, 1.807) is 19.0 Å². The maximum Gasteiger partial charge on any atom is 0.490 e. The number of carbonyl (C=O) groups is 5. The largest absolute Gasteiger partial charge is 0.490 e. The van der Waals surface area contributed by atoms with Gasteiger partial charge in [0, 0.05) is 19.6 Å². The van der Waals surface area contributed by atoms with Crippen molar-refractivity contribution in [2.24, 2.45) is 0 Å². The number of Topliss-reactive ketones (excluding diaryl/α,β-unsaturated/α-hetero) is 1. The lowest BCUT2D eigenvalue weighted by atomic mass is 9.99. The van der Waals surface area contributed by atoms with Gasteiger partial charge in [0.2, 0.25) is 17.6 Å². The van der Waals surface area contributed by atoms with Crippen molar-refractivity contribution >= 4 is 41.3 Å². The number of likely N-dealkylation sites (tertiary alicyclic amines) is 1. The summed E-state index contributed by atoms with van der Waals surface area (Å²) < 4.78 is 100. The molecule has 1 aliphatic heterocycles. The highest BCUT2D eigenvalue weighted by Gasteiger charge is 2.39. The average Bonchev–Trinajstić information content (AvgIpc) is 3.44. The van der Waals surface area contributed by atoms with Gasteiger partial charge in [-0.25, -0.2) is 9.59 Å². The molecule has 1 saturated heterocycles. The molecule has 0 spiro atoms. The summed E-state index contributed by atoms with van der Waals surface area (Å²) in [4.78, 5) is 57.4. The number of imide groups is 1. The van der Waals surface area contributed by atoms with Crippen molar-refractivity contribution in [3.05, 3.63) is 35.9 Å². The number of ketones is 1. The summed E-state index contributed by atoms with van der Waals surface area (Å²) in [5.41, 5.74) is 1.32. The fraction of sp³-hybridized carbons (Fsp3) is 0.607. The normalized spacial score (nSPS) is 15.7. The van der Waals surface area contributed by atoms with Crippen LogP contribution in [-0.4, -0.2) is 132 Å². The van der Waals surface area contributed by atoms with E-state index in [0.717, 1.165) is 37.8 Å². The van der Waals surface area contributed by atoms with Gasteiger partial charge >= 0.3 is 30.5 Å². The highest BCUT2D eigenvalue weighted by molar-refractivity contribution is 7.99. The second-order valence-electron chi connectivity index (χ2n) is 10.6. The van der Waals surface area contributed by atoms with Gasteiger partial charge in [0.1, 0.15) is 0 Å². The van der Waals surface area contributed by atoms with Crippen molar-refractivity contribution in [3.63, 3.8) is 0 Å². The number of carboxylic acids is 2. The fourth-order valence-corrected chi connectivity index (χ4v) is 4.81. The Morgan fingerprint density at radius 1 is 0.918 bits per heavy atom. The van der Waals surface area contributed by atoms with Crippen LogP contribution in [0.25, 0.3) is 0 Å². The number of hydrogen-bond acceptors (Lipinski definition) is 9. The molecule has 1 unspecified atom stereocenters. The standard InChI is InChI=1S/C24H35F3N4O3S.2C2HF3O2/c1-30(2)16-22(33)29-23(34)20(9-6-14-35-17-21(32)24(25,26)27)28-11-13-31-12-10-19(15-31)18-7-4-3-5-8-18;2*3-2(4,5)1(6)7/h3-5,7-8,19-20,28H,6,9-17H2,1-2H3,(H,29,33,34);2*(H,6,7)/t19?,20-;;/m0../s1. The summed E-state index contributed by atoms with van der Waals surface area (Å²) in [6, 6.07) is 9.71. The van der Waals surface area contributed by atoms with Crippen LogP contribution in [0, 0.1) is 0 Å². The van der Waals surface area contributed by atoms with Gasteiger partial charge in [0.15, 0.2) is 0 Å². The number of hydrogen-bond donors (Lipinski definition) is 4. The molecule has 2 atom stereocenters. The lowest BCUT2D eigenvalue weighted by Crippen LogP contribution is -2.49. The Hall–Kier alpha value is -3.43. The van der Waals surface area contributed by atoms with Crippen molar-refractivity contribution < 1.29 is 73.7 Å². The summed E-state index contributed by atoms with van der Waals surface area (Å²) in [7, 11) is 3.44. The number of carboxylic acid groups (broad SMARTS) is 2. The number of rotatable bonds is 14. The molecule has 1 aromatic carbocycles. The summed E-state index contributed by atoms with van der Waals surface area (Å²) >= 11 is 0.896. The molecular weight excluding hydrogens is 707 g/mol. The van der Waals surface area contributed by atoms with E-state index in [1.807, 2.05) is 18.2 Å². The van der Waals surface area contributed by atoms with Gasteiger partial charge in [-0.05, 0) is 57.1 Å². The minimum atomic E-state index is -5.08. The van der Waals surface area contributed by atoms with Gasteiger partial charge in [-0.15, -0.1) is 0 Å². The number of nitrogens with one attached hydrogen (secondary N) is 2. The number of halogens is 9. The molecule has 0 saturated carbocycles. The van der Waals surface area contributed by atoms with Crippen LogP contribution < -0.4 is 10.6 Å². The van der Waals surface area contributed by atoms with E-state index in [-0.39, 0.29) is 6.54 Å². The third-order valence-corrected chi connectivity index (χ3v) is 7.26. The van der Waals surface area contributed by atoms with Crippen LogP contribution in [0.3, 0.4) is 0 Å². The molecule has 1 fully saturated rings. The molecule has 0 bridgehead atoms. The quantitative estimate of drug-likeness (QED) is 0.163. The first-order chi connectivity index (χ1) is 22.4. The molecule has 11 nitrogen and oxygen atoms in total. The number of aliphatic carboxylic acids is 2. The number of thioether (sulfide) groups is 1. The maximum absolute atomic E-state index is 12.7. The van der Waals surface area contributed by atoms with Crippen LogP contribution in [-0.2, 0) is 24.0 Å². The van der Waals surface area contributed by atoms with Gasteiger partial charge in [-0.3, -0.25) is 19.7 Å². The van der Waals surface area contributed by atoms with Gasteiger partial charge in [-0.2, -0.15) is 51.3 Å². The zero-order chi connectivity index (χ0) is 38.0. The van der Waals surface area contributed by atoms with Crippen LogP contribution in [0.2, 0.25) is 0 Å². The molecule has 21 heteroatoms. The van der Waals surface area contributed by atoms with E-state index >= 15 is 0 Å². The molecular formula is C28H37F9N4O7S. The third kappa shape index (κ3) is 21.3. The minimum absolute atomic E-state index is 0.0719. The highest BCUT2D eigenvalue weighted by Crippen LogP contribution is 2.26. The summed E-state index contributed by atoms with van der Waals surface area (Å²) in [5, 5.41) is 19.8. The number of benzene rings is 1. The average molecular weight is 745 g/mol. The van der Waals surface area contributed by atoms with E-state index in [2.05, 4.69) is 27.7 Å². The Kier molecular flexibility index (Phi) is 20.1. The monoisotopic (exact) mass is 744 g/mol. The van der Waals surface area contributed by atoms with Gasteiger partial charge < -0.3 is 25.3 Å². The highest BCUT2D eigenvalue weighted by atomic mass is 32.2. The second-order valence-corrected chi connectivity index (χ2v) is 11.7. The number of alkyl halides is 9. The Bertz CT molecular complexity index is 1180. The molecule has 0 aliphatic carbocycles. The Morgan fingerprint density at radius 2 is 1.45 bits per heavy atom. The van der Waals surface area contributed by atoms with E-state index in [4.69, 9.17) is 19.8 Å². The molecule has 280 valence electrons. The van der Waals surface area contributed by atoms with Gasteiger partial charge in [-0.1, -0.05) is 30.3 Å². The Labute approximate surface area is 279 Å². The van der Waals surface area contributed by atoms with Crippen molar-refractivity contribution in [2.45, 2.75) is 49.8 Å². The smallest absolute Gasteiger partial charge is 0.475 e. The van der Waals surface area contributed by atoms with Crippen LogP contribution in [0.4, 0.5) is 39.5 Å². The molecule has 0 radical (unpaired) electrons. The van der Waals surface area contributed by atoms with Crippen LogP contribution in [0.1, 0.15) is 30.7 Å². The zero-order valence-corrected chi connectivity index (χ0v) is 27.1. The van der Waals surface area contributed by atoms with Crippen molar-refractivity contribution in [2.75, 3.05) is 58.3 Å². The van der Waals surface area contributed by atoms with E-state index < -0.39 is 59.9 Å². The minimum Gasteiger partial charge on any atom is -0.475 e. The number of carbonyl (C=O) groups excluding carboxylic acids is 3. The summed E-state index contributed by atoms with van der Waals surface area (Å²) in [6.07, 6.45) is -13.1. The van der Waals surface area contributed by atoms with Crippen LogP contribution in [0.5, 0.6) is 0 Å². The van der Waals surface area contributed by atoms with E-state index in [1.165, 1.54) is 5.56 Å². The van der Waals surface area contributed by atoms with Crippen molar-refractivity contribution in [1.82, 2.24) is 20.4 Å². The predicted octanol–water partition coefficient (Wildman–Crippen LogP) is 3.55. The molecule has 1 aliphatic rings. The lowest BCUT2D eigenvalue weighted by molar-refractivity contribution is -0.193. The molecule has 4 N–H and O–H groups in total.